The third-order valence-corrected chi connectivity index (χ3v) is 3.20. The first kappa shape index (κ1) is 17.7. The van der Waals surface area contributed by atoms with Gasteiger partial charge < -0.3 is 14.2 Å². The zero-order valence-electron chi connectivity index (χ0n) is 13.4. The van der Waals surface area contributed by atoms with E-state index in [1.54, 1.807) is 6.08 Å². The van der Waals surface area contributed by atoms with Crippen molar-refractivity contribution in [3.8, 4) is 0 Å². The van der Waals surface area contributed by atoms with Gasteiger partial charge in [0.15, 0.2) is 6.29 Å². The summed E-state index contributed by atoms with van der Waals surface area (Å²) in [5, 5.41) is 0. The highest BCUT2D eigenvalue weighted by Crippen LogP contribution is 2.26. The second-order valence-electron chi connectivity index (χ2n) is 6.10. The molecule has 21 heavy (non-hydrogen) atoms. The minimum atomic E-state index is -0.679. The molecule has 1 amide bonds. The lowest BCUT2D eigenvalue weighted by molar-refractivity contribution is -0.235. The molecule has 0 aromatic heterocycles. The van der Waals surface area contributed by atoms with Crippen molar-refractivity contribution in [3.63, 3.8) is 0 Å². The average Bonchev–Trinajstić information content (AvgIpc) is 2.30. The van der Waals surface area contributed by atoms with Crippen molar-refractivity contribution in [2.24, 2.45) is 0 Å². The van der Waals surface area contributed by atoms with Crippen LogP contribution in [0.3, 0.4) is 0 Å². The van der Waals surface area contributed by atoms with Crippen LogP contribution < -0.4 is 0 Å². The van der Waals surface area contributed by atoms with Crippen LogP contribution in [0.4, 0.5) is 4.79 Å². The standard InChI is InChI=1S/C15H25NO5/c1-7-8-13-19-9-12(10(2)20-13)16(15(4,5)6)14(18)21-11(3)17/h7,10,12-13H,1,8-9H2,2-6H3/t10-,12-,13+/m1/s1. The van der Waals surface area contributed by atoms with Crippen molar-refractivity contribution < 1.29 is 23.8 Å². The highest BCUT2D eigenvalue weighted by molar-refractivity contribution is 5.83. The second kappa shape index (κ2) is 7.04. The lowest BCUT2D eigenvalue weighted by Gasteiger charge is -2.45. The molecule has 1 heterocycles. The summed E-state index contributed by atoms with van der Waals surface area (Å²) >= 11 is 0. The largest absolute Gasteiger partial charge is 0.418 e. The Labute approximate surface area is 126 Å². The van der Waals surface area contributed by atoms with Crippen LogP contribution in [0.1, 0.15) is 41.0 Å². The Morgan fingerprint density at radius 1 is 1.43 bits per heavy atom. The van der Waals surface area contributed by atoms with Crippen LogP contribution in [0.15, 0.2) is 12.7 Å². The normalized spacial score (nSPS) is 26.0. The number of ether oxygens (including phenoxy) is 3. The first-order valence-corrected chi connectivity index (χ1v) is 7.06. The summed E-state index contributed by atoms with van der Waals surface area (Å²) in [6.07, 6.45) is 1.05. The molecule has 0 spiro atoms. The molecule has 6 heteroatoms. The number of nitrogens with zero attached hydrogens (tertiary/aromatic N) is 1. The van der Waals surface area contributed by atoms with Gasteiger partial charge >= 0.3 is 12.1 Å². The summed E-state index contributed by atoms with van der Waals surface area (Å²) in [7, 11) is 0. The number of hydrogen-bond acceptors (Lipinski definition) is 5. The summed E-state index contributed by atoms with van der Waals surface area (Å²) in [5.74, 6) is -0.635. The Morgan fingerprint density at radius 2 is 2.05 bits per heavy atom. The zero-order chi connectivity index (χ0) is 16.2. The molecule has 0 unspecified atom stereocenters. The molecule has 0 aromatic rings. The molecule has 0 aliphatic carbocycles. The highest BCUT2D eigenvalue weighted by Gasteiger charge is 2.41. The molecule has 0 bridgehead atoms. The SMILES string of the molecule is C=CC[C@H]1OC[C@@H](N(C(=O)OC(C)=O)C(C)(C)C)[C@@H](C)O1. The number of rotatable bonds is 3. The predicted octanol–water partition coefficient (Wildman–Crippen LogP) is 2.48. The summed E-state index contributed by atoms with van der Waals surface area (Å²) < 4.78 is 16.1. The molecule has 1 fully saturated rings. The molecule has 3 atom stereocenters. The van der Waals surface area contributed by atoms with E-state index in [1.165, 1.54) is 11.8 Å². The molecule has 1 aliphatic rings. The molecular weight excluding hydrogens is 274 g/mol. The summed E-state index contributed by atoms with van der Waals surface area (Å²) in [5.41, 5.74) is -0.524. The number of hydrogen-bond donors (Lipinski definition) is 0. The van der Waals surface area contributed by atoms with Crippen LogP contribution in [0.25, 0.3) is 0 Å². The van der Waals surface area contributed by atoms with E-state index in [0.29, 0.717) is 13.0 Å². The monoisotopic (exact) mass is 299 g/mol. The van der Waals surface area contributed by atoms with Gasteiger partial charge in [0, 0.05) is 18.9 Å². The van der Waals surface area contributed by atoms with E-state index < -0.39 is 17.6 Å². The fourth-order valence-electron chi connectivity index (χ4n) is 2.33. The van der Waals surface area contributed by atoms with Crippen LogP contribution in [0.5, 0.6) is 0 Å². The number of amides is 1. The van der Waals surface area contributed by atoms with Crippen molar-refractivity contribution in [2.75, 3.05) is 6.61 Å². The Hall–Kier alpha value is -1.40. The zero-order valence-corrected chi connectivity index (χ0v) is 13.4. The van der Waals surface area contributed by atoms with Crippen LogP contribution in [0, 0.1) is 0 Å². The van der Waals surface area contributed by atoms with E-state index in [0.717, 1.165) is 0 Å². The Morgan fingerprint density at radius 3 is 2.48 bits per heavy atom. The van der Waals surface area contributed by atoms with Crippen LogP contribution in [0.2, 0.25) is 0 Å². The van der Waals surface area contributed by atoms with Crippen molar-refractivity contribution in [2.45, 2.75) is 65.0 Å². The molecule has 0 saturated carbocycles. The van der Waals surface area contributed by atoms with Gasteiger partial charge in [-0.25, -0.2) is 4.79 Å². The van der Waals surface area contributed by atoms with Gasteiger partial charge in [-0.3, -0.25) is 9.69 Å². The smallest absolute Gasteiger partial charge is 0.376 e. The average molecular weight is 299 g/mol. The molecule has 1 aliphatic heterocycles. The summed E-state index contributed by atoms with van der Waals surface area (Å²) in [4.78, 5) is 24.8. The van der Waals surface area contributed by atoms with E-state index in [1.807, 2.05) is 27.7 Å². The third kappa shape index (κ3) is 4.82. The maximum Gasteiger partial charge on any atom is 0.418 e. The van der Waals surface area contributed by atoms with Gasteiger partial charge in [-0.05, 0) is 27.7 Å². The van der Waals surface area contributed by atoms with E-state index in [-0.39, 0.29) is 18.4 Å². The molecule has 1 saturated heterocycles. The maximum absolute atomic E-state index is 12.2. The molecule has 1 rings (SSSR count). The van der Waals surface area contributed by atoms with Crippen LogP contribution >= 0.6 is 0 Å². The fraction of sp³-hybridized carbons (Fsp3) is 0.733. The van der Waals surface area contributed by atoms with Crippen molar-refractivity contribution >= 4 is 12.1 Å². The van der Waals surface area contributed by atoms with Gasteiger partial charge in [0.05, 0.1) is 18.8 Å². The molecule has 0 radical (unpaired) electrons. The van der Waals surface area contributed by atoms with Crippen LogP contribution in [-0.4, -0.2) is 47.5 Å². The lowest BCUT2D eigenvalue weighted by atomic mass is 10.0. The minimum absolute atomic E-state index is 0.234. The molecular formula is C15H25NO5. The van der Waals surface area contributed by atoms with Gasteiger partial charge in [0.1, 0.15) is 0 Å². The van der Waals surface area contributed by atoms with Crippen LogP contribution in [-0.2, 0) is 19.0 Å². The van der Waals surface area contributed by atoms with E-state index in [9.17, 15) is 9.59 Å². The molecule has 6 nitrogen and oxygen atoms in total. The van der Waals surface area contributed by atoms with E-state index >= 15 is 0 Å². The van der Waals surface area contributed by atoms with Gasteiger partial charge in [0.2, 0.25) is 0 Å². The van der Waals surface area contributed by atoms with E-state index in [2.05, 4.69) is 6.58 Å². The van der Waals surface area contributed by atoms with E-state index in [4.69, 9.17) is 14.2 Å². The summed E-state index contributed by atoms with van der Waals surface area (Å²) in [6.45, 7) is 12.7. The second-order valence-corrected chi connectivity index (χ2v) is 6.10. The molecule has 0 N–H and O–H groups in total. The van der Waals surface area contributed by atoms with Crippen molar-refractivity contribution in [1.29, 1.82) is 0 Å². The topological polar surface area (TPSA) is 65.1 Å². The maximum atomic E-state index is 12.2. The summed E-state index contributed by atoms with van der Waals surface area (Å²) in [6, 6.07) is -0.321. The predicted molar refractivity (Wildman–Crippen MR) is 77.6 cm³/mol. The minimum Gasteiger partial charge on any atom is -0.376 e. The number of carbonyl (C=O) groups excluding carboxylic acids is 2. The Balaban J connectivity index is 2.87. The quantitative estimate of drug-likeness (QED) is 0.455. The highest BCUT2D eigenvalue weighted by atomic mass is 16.7. The van der Waals surface area contributed by atoms with Gasteiger partial charge in [-0.2, -0.15) is 0 Å². The Kier molecular flexibility index (Phi) is 5.92. The fourth-order valence-corrected chi connectivity index (χ4v) is 2.33. The first-order chi connectivity index (χ1) is 9.66. The molecule has 0 aromatic carbocycles. The van der Waals surface area contributed by atoms with Gasteiger partial charge in [-0.1, -0.05) is 6.08 Å². The number of esters is 1. The third-order valence-electron chi connectivity index (χ3n) is 3.20. The number of carbonyl (C=O) groups is 2. The van der Waals surface area contributed by atoms with Gasteiger partial charge in [0.25, 0.3) is 0 Å². The lowest BCUT2D eigenvalue weighted by Crippen LogP contribution is -2.60. The van der Waals surface area contributed by atoms with Gasteiger partial charge in [-0.15, -0.1) is 6.58 Å². The molecule has 120 valence electrons. The van der Waals surface area contributed by atoms with Crippen molar-refractivity contribution in [1.82, 2.24) is 4.90 Å². The first-order valence-electron chi connectivity index (χ1n) is 7.06. The Bertz CT molecular complexity index is 401. The van der Waals surface area contributed by atoms with Crippen molar-refractivity contribution in [3.05, 3.63) is 12.7 Å².